The first-order valence-electron chi connectivity index (χ1n) is 7.51. The molecule has 1 N–H and O–H groups in total. The van der Waals surface area contributed by atoms with Crippen molar-refractivity contribution in [2.24, 2.45) is 0 Å². The van der Waals surface area contributed by atoms with Crippen LogP contribution in [0, 0.1) is 0 Å². The van der Waals surface area contributed by atoms with Crippen molar-refractivity contribution in [1.82, 2.24) is 15.2 Å². The molecule has 0 aromatic carbocycles. The second kappa shape index (κ2) is 7.01. The molecule has 0 saturated heterocycles. The van der Waals surface area contributed by atoms with E-state index in [0.29, 0.717) is 5.54 Å². The Labute approximate surface area is 117 Å². The molecule has 1 saturated carbocycles. The standard InChI is InChI=1S/C16H27N3/c1-17-16(9-5-3-6-10-16)11-13-19(2)14-15-8-4-7-12-18-15/h4,7-8,12,17H,3,5-6,9-11,13-14H2,1-2H3. The fraction of sp³-hybridized carbons (Fsp3) is 0.688. The lowest BCUT2D eigenvalue weighted by Crippen LogP contribution is -2.46. The van der Waals surface area contributed by atoms with Gasteiger partial charge in [-0.25, -0.2) is 0 Å². The summed E-state index contributed by atoms with van der Waals surface area (Å²) >= 11 is 0. The van der Waals surface area contributed by atoms with Gasteiger partial charge in [-0.2, -0.15) is 0 Å². The van der Waals surface area contributed by atoms with Gasteiger partial charge in [0.05, 0.1) is 5.69 Å². The Kier molecular flexibility index (Phi) is 5.34. The molecule has 2 rings (SSSR count). The van der Waals surface area contributed by atoms with Gasteiger partial charge in [0.2, 0.25) is 0 Å². The van der Waals surface area contributed by atoms with Gasteiger partial charge < -0.3 is 10.2 Å². The minimum absolute atomic E-state index is 0.386. The Balaban J connectivity index is 1.80. The van der Waals surface area contributed by atoms with Crippen molar-refractivity contribution in [3.63, 3.8) is 0 Å². The zero-order valence-electron chi connectivity index (χ0n) is 12.4. The highest BCUT2D eigenvalue weighted by molar-refractivity contribution is 5.03. The van der Waals surface area contributed by atoms with E-state index in [4.69, 9.17) is 0 Å². The fourth-order valence-corrected chi connectivity index (χ4v) is 3.11. The Hall–Kier alpha value is -0.930. The third-order valence-corrected chi connectivity index (χ3v) is 4.47. The molecule has 1 fully saturated rings. The van der Waals surface area contributed by atoms with E-state index in [1.54, 1.807) is 0 Å². The number of aromatic nitrogens is 1. The molecule has 0 radical (unpaired) electrons. The quantitative estimate of drug-likeness (QED) is 0.853. The minimum Gasteiger partial charge on any atom is -0.314 e. The Morgan fingerprint density at radius 2 is 2.05 bits per heavy atom. The second-order valence-corrected chi connectivity index (χ2v) is 5.90. The third-order valence-electron chi connectivity index (χ3n) is 4.47. The molecule has 1 aliphatic carbocycles. The van der Waals surface area contributed by atoms with Crippen LogP contribution in [0.15, 0.2) is 24.4 Å². The van der Waals surface area contributed by atoms with Crippen molar-refractivity contribution in [2.75, 3.05) is 20.6 Å². The molecule has 0 spiro atoms. The summed E-state index contributed by atoms with van der Waals surface area (Å²) in [5.74, 6) is 0. The van der Waals surface area contributed by atoms with E-state index < -0.39 is 0 Å². The normalized spacial score (nSPS) is 18.7. The molecule has 3 heteroatoms. The first-order chi connectivity index (χ1) is 9.24. The van der Waals surface area contributed by atoms with Crippen LogP contribution in [0.5, 0.6) is 0 Å². The van der Waals surface area contributed by atoms with Gasteiger partial charge in [-0.15, -0.1) is 0 Å². The van der Waals surface area contributed by atoms with E-state index in [1.165, 1.54) is 38.5 Å². The lowest BCUT2D eigenvalue weighted by Gasteiger charge is -2.38. The smallest absolute Gasteiger partial charge is 0.0543 e. The van der Waals surface area contributed by atoms with Gasteiger partial charge in [0.25, 0.3) is 0 Å². The maximum atomic E-state index is 4.39. The number of pyridine rings is 1. The largest absolute Gasteiger partial charge is 0.314 e. The van der Waals surface area contributed by atoms with Gasteiger partial charge in [-0.05, 0) is 52.0 Å². The first-order valence-corrected chi connectivity index (χ1v) is 7.51. The predicted octanol–water partition coefficient (Wildman–Crippen LogP) is 2.83. The summed E-state index contributed by atoms with van der Waals surface area (Å²) < 4.78 is 0. The molecule has 0 amide bonds. The summed E-state index contributed by atoms with van der Waals surface area (Å²) in [5.41, 5.74) is 1.54. The van der Waals surface area contributed by atoms with Crippen LogP contribution in [-0.4, -0.2) is 36.1 Å². The number of hydrogen-bond donors (Lipinski definition) is 1. The highest BCUT2D eigenvalue weighted by atomic mass is 15.1. The van der Waals surface area contributed by atoms with E-state index >= 15 is 0 Å². The van der Waals surface area contributed by atoms with Crippen LogP contribution >= 0.6 is 0 Å². The van der Waals surface area contributed by atoms with Crippen molar-refractivity contribution in [1.29, 1.82) is 0 Å². The second-order valence-electron chi connectivity index (χ2n) is 5.90. The third kappa shape index (κ3) is 4.29. The molecule has 0 unspecified atom stereocenters. The van der Waals surface area contributed by atoms with Crippen LogP contribution in [0.4, 0.5) is 0 Å². The lowest BCUT2D eigenvalue weighted by atomic mass is 9.79. The van der Waals surface area contributed by atoms with Crippen LogP contribution in [0.1, 0.15) is 44.2 Å². The molecular weight excluding hydrogens is 234 g/mol. The Morgan fingerprint density at radius 1 is 1.26 bits per heavy atom. The van der Waals surface area contributed by atoms with E-state index in [1.807, 2.05) is 12.3 Å². The van der Waals surface area contributed by atoms with Crippen LogP contribution in [0.3, 0.4) is 0 Å². The summed E-state index contributed by atoms with van der Waals surface area (Å²) in [6.07, 6.45) is 9.96. The summed E-state index contributed by atoms with van der Waals surface area (Å²) in [7, 11) is 4.32. The monoisotopic (exact) mass is 261 g/mol. The molecular formula is C16H27N3. The molecule has 19 heavy (non-hydrogen) atoms. The summed E-state index contributed by atoms with van der Waals surface area (Å²) in [6, 6.07) is 6.14. The van der Waals surface area contributed by atoms with Crippen molar-refractivity contribution >= 4 is 0 Å². The van der Waals surface area contributed by atoms with Crippen LogP contribution in [0.2, 0.25) is 0 Å². The fourth-order valence-electron chi connectivity index (χ4n) is 3.11. The lowest BCUT2D eigenvalue weighted by molar-refractivity contribution is 0.193. The average molecular weight is 261 g/mol. The van der Waals surface area contributed by atoms with Crippen LogP contribution in [0.25, 0.3) is 0 Å². The predicted molar refractivity (Wildman–Crippen MR) is 80.1 cm³/mol. The summed E-state index contributed by atoms with van der Waals surface area (Å²) in [6.45, 7) is 2.08. The molecule has 1 aromatic rings. The SMILES string of the molecule is CNC1(CCN(C)Cc2ccccn2)CCCCC1. The van der Waals surface area contributed by atoms with E-state index in [-0.39, 0.29) is 0 Å². The maximum absolute atomic E-state index is 4.39. The zero-order chi connectivity index (χ0) is 13.6. The summed E-state index contributed by atoms with van der Waals surface area (Å²) in [5, 5.41) is 3.59. The molecule has 0 aliphatic heterocycles. The molecule has 106 valence electrons. The Bertz CT molecular complexity index is 358. The minimum atomic E-state index is 0.386. The van der Waals surface area contributed by atoms with Crippen molar-refractivity contribution in [2.45, 2.75) is 50.6 Å². The first kappa shape index (κ1) is 14.5. The van der Waals surface area contributed by atoms with Crippen LogP contribution in [-0.2, 0) is 6.54 Å². The number of nitrogens with zero attached hydrogens (tertiary/aromatic N) is 2. The number of hydrogen-bond acceptors (Lipinski definition) is 3. The van der Waals surface area contributed by atoms with E-state index in [9.17, 15) is 0 Å². The highest BCUT2D eigenvalue weighted by Gasteiger charge is 2.29. The van der Waals surface area contributed by atoms with Crippen LogP contribution < -0.4 is 5.32 Å². The highest BCUT2D eigenvalue weighted by Crippen LogP contribution is 2.30. The van der Waals surface area contributed by atoms with Crippen molar-refractivity contribution in [3.8, 4) is 0 Å². The van der Waals surface area contributed by atoms with Crippen molar-refractivity contribution < 1.29 is 0 Å². The number of rotatable bonds is 6. The molecule has 0 atom stereocenters. The Morgan fingerprint density at radius 3 is 2.68 bits per heavy atom. The molecule has 1 aromatic heterocycles. The zero-order valence-corrected chi connectivity index (χ0v) is 12.4. The molecule has 0 bridgehead atoms. The van der Waals surface area contributed by atoms with Gasteiger partial charge >= 0.3 is 0 Å². The molecule has 3 nitrogen and oxygen atoms in total. The van der Waals surface area contributed by atoms with E-state index in [0.717, 1.165) is 18.8 Å². The van der Waals surface area contributed by atoms with Gasteiger partial charge in [0.15, 0.2) is 0 Å². The van der Waals surface area contributed by atoms with Crippen molar-refractivity contribution in [3.05, 3.63) is 30.1 Å². The summed E-state index contributed by atoms with van der Waals surface area (Å²) in [4.78, 5) is 6.78. The number of nitrogens with one attached hydrogen (secondary N) is 1. The van der Waals surface area contributed by atoms with Gasteiger partial charge in [-0.1, -0.05) is 25.3 Å². The van der Waals surface area contributed by atoms with Gasteiger partial charge in [0, 0.05) is 18.3 Å². The topological polar surface area (TPSA) is 28.2 Å². The average Bonchev–Trinajstić information content (AvgIpc) is 2.47. The molecule has 1 aliphatic rings. The maximum Gasteiger partial charge on any atom is 0.0543 e. The van der Waals surface area contributed by atoms with E-state index in [2.05, 4.69) is 41.4 Å². The molecule has 1 heterocycles. The van der Waals surface area contributed by atoms with Gasteiger partial charge in [-0.3, -0.25) is 4.98 Å². The van der Waals surface area contributed by atoms with Gasteiger partial charge in [0.1, 0.15) is 0 Å².